The fraction of sp³-hybridized carbons (Fsp3) is 0.125. The zero-order valence-corrected chi connectivity index (χ0v) is 15.8. The summed E-state index contributed by atoms with van der Waals surface area (Å²) in [7, 11) is 0. The molecule has 27 heavy (non-hydrogen) atoms. The Kier molecular flexibility index (Phi) is 5.22. The quantitative estimate of drug-likeness (QED) is 0.400. The first-order chi connectivity index (χ1) is 12.9. The summed E-state index contributed by atoms with van der Waals surface area (Å²) in [5.41, 5.74) is 6.92. The predicted molar refractivity (Wildman–Crippen MR) is 110 cm³/mol. The highest BCUT2D eigenvalue weighted by molar-refractivity contribution is 6.00. The van der Waals surface area contributed by atoms with E-state index >= 15 is 0 Å². The Morgan fingerprint density at radius 3 is 2.41 bits per heavy atom. The Labute approximate surface area is 159 Å². The van der Waals surface area contributed by atoms with Crippen LogP contribution < -0.4 is 4.74 Å². The second-order valence-corrected chi connectivity index (χ2v) is 6.58. The highest BCUT2D eigenvalue weighted by atomic mass is 19.1. The van der Waals surface area contributed by atoms with Gasteiger partial charge in [0, 0.05) is 11.3 Å². The SMILES string of the molecule is C=COc1cc(-c2cccc(C)c2-c2ccc(F)c(C)c2)ccc1C(C)=N. The highest BCUT2D eigenvalue weighted by Crippen LogP contribution is 2.37. The van der Waals surface area contributed by atoms with Crippen LogP contribution in [0.5, 0.6) is 5.75 Å². The third kappa shape index (κ3) is 3.68. The Balaban J connectivity index is 2.22. The number of hydrogen-bond acceptors (Lipinski definition) is 2. The van der Waals surface area contributed by atoms with Crippen LogP contribution in [0.3, 0.4) is 0 Å². The summed E-state index contributed by atoms with van der Waals surface area (Å²) in [6.45, 7) is 9.18. The van der Waals surface area contributed by atoms with Crippen molar-refractivity contribution in [2.75, 3.05) is 0 Å². The number of benzene rings is 3. The minimum Gasteiger partial charge on any atom is -0.465 e. The molecular formula is C24H22FNO. The van der Waals surface area contributed by atoms with Gasteiger partial charge in [-0.05, 0) is 78.4 Å². The average Bonchev–Trinajstić information content (AvgIpc) is 2.64. The number of nitrogens with one attached hydrogen (secondary N) is 1. The predicted octanol–water partition coefficient (Wildman–Crippen LogP) is 6.69. The molecule has 0 heterocycles. The highest BCUT2D eigenvalue weighted by Gasteiger charge is 2.14. The number of halogens is 1. The van der Waals surface area contributed by atoms with E-state index < -0.39 is 0 Å². The van der Waals surface area contributed by atoms with Crippen LogP contribution in [0.15, 0.2) is 67.4 Å². The lowest BCUT2D eigenvalue weighted by molar-refractivity contribution is 0.482. The molecule has 0 aliphatic heterocycles. The van der Waals surface area contributed by atoms with Gasteiger partial charge in [0.2, 0.25) is 0 Å². The molecule has 0 unspecified atom stereocenters. The molecule has 0 radical (unpaired) electrons. The monoisotopic (exact) mass is 359 g/mol. The number of rotatable bonds is 5. The van der Waals surface area contributed by atoms with Gasteiger partial charge in [-0.2, -0.15) is 0 Å². The fourth-order valence-corrected chi connectivity index (χ4v) is 3.28. The normalized spacial score (nSPS) is 10.5. The van der Waals surface area contributed by atoms with Gasteiger partial charge < -0.3 is 10.1 Å². The first-order valence-electron chi connectivity index (χ1n) is 8.76. The van der Waals surface area contributed by atoms with E-state index in [1.54, 1.807) is 13.8 Å². The Hall–Kier alpha value is -3.20. The van der Waals surface area contributed by atoms with Crippen molar-refractivity contribution in [2.24, 2.45) is 0 Å². The lowest BCUT2D eigenvalue weighted by Gasteiger charge is -2.16. The molecule has 3 heteroatoms. The molecule has 2 nitrogen and oxygen atoms in total. The Morgan fingerprint density at radius 2 is 1.74 bits per heavy atom. The molecule has 0 fully saturated rings. The van der Waals surface area contributed by atoms with Gasteiger partial charge in [-0.15, -0.1) is 0 Å². The topological polar surface area (TPSA) is 33.1 Å². The molecule has 0 aromatic heterocycles. The first kappa shape index (κ1) is 18.6. The van der Waals surface area contributed by atoms with Crippen molar-refractivity contribution in [1.29, 1.82) is 5.41 Å². The summed E-state index contributed by atoms with van der Waals surface area (Å²) >= 11 is 0. The maximum absolute atomic E-state index is 13.8. The summed E-state index contributed by atoms with van der Waals surface area (Å²) in [6, 6.07) is 17.1. The van der Waals surface area contributed by atoms with E-state index in [2.05, 4.69) is 19.6 Å². The summed E-state index contributed by atoms with van der Waals surface area (Å²) in [5, 5.41) is 7.93. The van der Waals surface area contributed by atoms with Gasteiger partial charge >= 0.3 is 0 Å². The van der Waals surface area contributed by atoms with Gasteiger partial charge in [0.25, 0.3) is 0 Å². The fourth-order valence-electron chi connectivity index (χ4n) is 3.28. The molecule has 0 amide bonds. The molecule has 0 aliphatic carbocycles. The van der Waals surface area contributed by atoms with Gasteiger partial charge in [-0.3, -0.25) is 0 Å². The van der Waals surface area contributed by atoms with Gasteiger partial charge in [0.15, 0.2) is 0 Å². The lowest BCUT2D eigenvalue weighted by Crippen LogP contribution is -1.98. The van der Waals surface area contributed by atoms with E-state index in [0.717, 1.165) is 33.4 Å². The van der Waals surface area contributed by atoms with E-state index in [9.17, 15) is 4.39 Å². The van der Waals surface area contributed by atoms with E-state index in [0.29, 0.717) is 17.0 Å². The van der Waals surface area contributed by atoms with Crippen LogP contribution in [0.4, 0.5) is 4.39 Å². The Bertz CT molecular complexity index is 1040. The van der Waals surface area contributed by atoms with Crippen molar-refractivity contribution in [2.45, 2.75) is 20.8 Å². The summed E-state index contributed by atoms with van der Waals surface area (Å²) < 4.78 is 19.3. The second kappa shape index (κ2) is 7.58. The third-order valence-electron chi connectivity index (χ3n) is 4.63. The molecule has 3 rings (SSSR count). The van der Waals surface area contributed by atoms with Crippen molar-refractivity contribution < 1.29 is 9.13 Å². The minimum absolute atomic E-state index is 0.207. The molecule has 0 saturated carbocycles. The smallest absolute Gasteiger partial charge is 0.136 e. The molecule has 3 aromatic rings. The molecule has 0 saturated heterocycles. The van der Waals surface area contributed by atoms with Crippen molar-refractivity contribution >= 4 is 5.71 Å². The van der Waals surface area contributed by atoms with Gasteiger partial charge in [0.1, 0.15) is 11.6 Å². The summed E-state index contributed by atoms with van der Waals surface area (Å²) in [6.07, 6.45) is 1.37. The van der Waals surface area contributed by atoms with Crippen molar-refractivity contribution in [1.82, 2.24) is 0 Å². The summed E-state index contributed by atoms with van der Waals surface area (Å²) in [4.78, 5) is 0. The van der Waals surface area contributed by atoms with E-state index in [4.69, 9.17) is 10.1 Å². The zero-order valence-electron chi connectivity index (χ0n) is 15.8. The van der Waals surface area contributed by atoms with E-state index in [-0.39, 0.29) is 5.82 Å². The largest absolute Gasteiger partial charge is 0.465 e. The molecule has 1 N–H and O–H groups in total. The molecule has 0 aliphatic rings. The van der Waals surface area contributed by atoms with E-state index in [1.165, 1.54) is 12.3 Å². The molecule has 0 atom stereocenters. The van der Waals surface area contributed by atoms with Crippen LogP contribution in [0.1, 0.15) is 23.6 Å². The molecule has 0 spiro atoms. The van der Waals surface area contributed by atoms with Gasteiger partial charge in [0.05, 0.1) is 6.26 Å². The van der Waals surface area contributed by atoms with Crippen LogP contribution in [0, 0.1) is 25.1 Å². The maximum Gasteiger partial charge on any atom is 0.136 e. The van der Waals surface area contributed by atoms with Crippen LogP contribution >= 0.6 is 0 Å². The van der Waals surface area contributed by atoms with Crippen LogP contribution in [-0.4, -0.2) is 5.71 Å². The van der Waals surface area contributed by atoms with Crippen molar-refractivity contribution in [3.63, 3.8) is 0 Å². The van der Waals surface area contributed by atoms with Crippen molar-refractivity contribution in [3.8, 4) is 28.0 Å². The molecule has 3 aromatic carbocycles. The first-order valence-corrected chi connectivity index (χ1v) is 8.76. The lowest BCUT2D eigenvalue weighted by atomic mass is 9.89. The standard InChI is InChI=1S/C24H22FNO/c1-5-27-23-14-18(9-11-20(23)17(4)26)21-8-6-7-15(2)24(21)19-10-12-22(25)16(3)13-19/h5-14,26H,1H2,2-4H3. The molecular weight excluding hydrogens is 337 g/mol. The van der Waals surface area contributed by atoms with Crippen LogP contribution in [0.25, 0.3) is 22.3 Å². The zero-order chi connectivity index (χ0) is 19.6. The number of aryl methyl sites for hydroxylation is 2. The van der Waals surface area contributed by atoms with Crippen LogP contribution in [-0.2, 0) is 0 Å². The Morgan fingerprint density at radius 1 is 1.00 bits per heavy atom. The molecule has 136 valence electrons. The maximum atomic E-state index is 13.8. The minimum atomic E-state index is -0.207. The van der Waals surface area contributed by atoms with E-state index in [1.807, 2.05) is 42.5 Å². The average molecular weight is 359 g/mol. The second-order valence-electron chi connectivity index (χ2n) is 6.58. The van der Waals surface area contributed by atoms with Crippen LogP contribution in [0.2, 0.25) is 0 Å². The summed E-state index contributed by atoms with van der Waals surface area (Å²) in [5.74, 6) is 0.388. The third-order valence-corrected chi connectivity index (χ3v) is 4.63. The number of hydrogen-bond donors (Lipinski definition) is 1. The van der Waals surface area contributed by atoms with Gasteiger partial charge in [-0.1, -0.05) is 36.9 Å². The van der Waals surface area contributed by atoms with Crippen molar-refractivity contribution in [3.05, 3.63) is 89.9 Å². The number of ether oxygens (including phenoxy) is 1. The van der Waals surface area contributed by atoms with Gasteiger partial charge in [-0.25, -0.2) is 4.39 Å². The molecule has 0 bridgehead atoms.